The van der Waals surface area contributed by atoms with Crippen molar-refractivity contribution in [2.75, 3.05) is 25.6 Å². The van der Waals surface area contributed by atoms with E-state index in [9.17, 15) is 9.59 Å². The molecular formula is C16H17N3O4. The summed E-state index contributed by atoms with van der Waals surface area (Å²) >= 11 is 0. The normalized spacial score (nSPS) is 9.78. The average molecular weight is 315 g/mol. The van der Waals surface area contributed by atoms with Crippen LogP contribution in [-0.2, 0) is 9.59 Å². The van der Waals surface area contributed by atoms with Crippen LogP contribution < -0.4 is 20.1 Å². The third-order valence-electron chi connectivity index (χ3n) is 2.82. The van der Waals surface area contributed by atoms with Crippen LogP contribution >= 0.6 is 0 Å². The molecule has 0 aliphatic rings. The summed E-state index contributed by atoms with van der Waals surface area (Å²) in [4.78, 5) is 27.2. The Labute approximate surface area is 133 Å². The number of amides is 2. The van der Waals surface area contributed by atoms with Gasteiger partial charge in [-0.3, -0.25) is 14.6 Å². The van der Waals surface area contributed by atoms with Crippen LogP contribution in [-0.4, -0.2) is 37.1 Å². The maximum atomic E-state index is 11.7. The summed E-state index contributed by atoms with van der Waals surface area (Å²) in [6.07, 6.45) is 3.13. The Morgan fingerprint density at radius 2 is 1.83 bits per heavy atom. The molecule has 0 spiro atoms. The second-order valence-corrected chi connectivity index (χ2v) is 4.53. The first-order valence-corrected chi connectivity index (χ1v) is 6.91. The number of rotatable bonds is 7. The van der Waals surface area contributed by atoms with E-state index in [4.69, 9.17) is 9.47 Å². The highest BCUT2D eigenvalue weighted by atomic mass is 16.5. The Morgan fingerprint density at radius 1 is 1.09 bits per heavy atom. The summed E-state index contributed by atoms with van der Waals surface area (Å²) in [6, 6.07) is 10.3. The van der Waals surface area contributed by atoms with Gasteiger partial charge < -0.3 is 20.1 Å². The highest BCUT2D eigenvalue weighted by molar-refractivity contribution is 5.94. The maximum absolute atomic E-state index is 11.7. The third kappa shape index (κ3) is 5.66. The van der Waals surface area contributed by atoms with Gasteiger partial charge in [0.2, 0.25) is 5.91 Å². The van der Waals surface area contributed by atoms with Crippen molar-refractivity contribution >= 4 is 17.5 Å². The predicted molar refractivity (Wildman–Crippen MR) is 84.4 cm³/mol. The van der Waals surface area contributed by atoms with Crippen molar-refractivity contribution in [2.24, 2.45) is 0 Å². The molecule has 2 aromatic rings. The van der Waals surface area contributed by atoms with E-state index in [2.05, 4.69) is 15.6 Å². The first-order chi connectivity index (χ1) is 11.2. The van der Waals surface area contributed by atoms with Crippen LogP contribution in [0.3, 0.4) is 0 Å². The largest absolute Gasteiger partial charge is 0.497 e. The van der Waals surface area contributed by atoms with Crippen LogP contribution in [0, 0.1) is 0 Å². The summed E-state index contributed by atoms with van der Waals surface area (Å²) in [7, 11) is 1.57. The molecule has 0 atom stereocenters. The number of carbonyl (C=O) groups excluding carboxylic acids is 2. The number of nitrogens with zero attached hydrogens (tertiary/aromatic N) is 1. The quantitative estimate of drug-likeness (QED) is 0.802. The van der Waals surface area contributed by atoms with Gasteiger partial charge in [0.05, 0.1) is 25.5 Å². The number of ether oxygens (including phenoxy) is 2. The molecule has 1 aromatic carbocycles. The van der Waals surface area contributed by atoms with Gasteiger partial charge in [0, 0.05) is 6.20 Å². The number of benzene rings is 1. The lowest BCUT2D eigenvalue weighted by atomic mass is 10.3. The molecule has 7 heteroatoms. The highest BCUT2D eigenvalue weighted by Gasteiger charge is 2.07. The van der Waals surface area contributed by atoms with Gasteiger partial charge in [-0.1, -0.05) is 0 Å². The molecule has 0 saturated heterocycles. The molecule has 2 N–H and O–H groups in total. The molecule has 0 aliphatic carbocycles. The molecule has 0 unspecified atom stereocenters. The third-order valence-corrected chi connectivity index (χ3v) is 2.82. The second-order valence-electron chi connectivity index (χ2n) is 4.53. The number of nitrogens with one attached hydrogen (secondary N) is 2. The van der Waals surface area contributed by atoms with Crippen molar-refractivity contribution in [3.05, 3.63) is 48.8 Å². The van der Waals surface area contributed by atoms with E-state index in [0.29, 0.717) is 17.2 Å². The summed E-state index contributed by atoms with van der Waals surface area (Å²) in [5.41, 5.74) is 0.571. The van der Waals surface area contributed by atoms with Crippen LogP contribution in [0.25, 0.3) is 0 Å². The van der Waals surface area contributed by atoms with Gasteiger partial charge in [-0.2, -0.15) is 0 Å². The van der Waals surface area contributed by atoms with E-state index in [1.54, 1.807) is 49.7 Å². The molecule has 23 heavy (non-hydrogen) atoms. The first-order valence-electron chi connectivity index (χ1n) is 6.91. The van der Waals surface area contributed by atoms with Gasteiger partial charge in [0.1, 0.15) is 11.5 Å². The minimum absolute atomic E-state index is 0.139. The van der Waals surface area contributed by atoms with E-state index < -0.39 is 0 Å². The Balaban J connectivity index is 1.69. The van der Waals surface area contributed by atoms with Gasteiger partial charge in [-0.15, -0.1) is 0 Å². The summed E-state index contributed by atoms with van der Waals surface area (Å²) in [6.45, 7) is -0.313. The highest BCUT2D eigenvalue weighted by Crippen LogP contribution is 2.16. The van der Waals surface area contributed by atoms with Crippen LogP contribution in [0.2, 0.25) is 0 Å². The van der Waals surface area contributed by atoms with Gasteiger partial charge in [0.15, 0.2) is 6.61 Å². The van der Waals surface area contributed by atoms with E-state index in [-0.39, 0.29) is 25.0 Å². The fourth-order valence-electron chi connectivity index (χ4n) is 1.69. The Hall–Kier alpha value is -3.09. The van der Waals surface area contributed by atoms with Crippen LogP contribution in [0.4, 0.5) is 5.69 Å². The molecule has 7 nitrogen and oxygen atoms in total. The number of carbonyl (C=O) groups is 2. The van der Waals surface area contributed by atoms with Gasteiger partial charge >= 0.3 is 0 Å². The smallest absolute Gasteiger partial charge is 0.258 e. The molecule has 1 heterocycles. The Bertz CT molecular complexity index is 644. The predicted octanol–water partition coefficient (Wildman–Crippen LogP) is 1.22. The minimum Gasteiger partial charge on any atom is -0.497 e. The molecule has 120 valence electrons. The van der Waals surface area contributed by atoms with Gasteiger partial charge in [-0.05, 0) is 36.4 Å². The molecular weight excluding hydrogens is 298 g/mol. The molecule has 2 amide bonds. The van der Waals surface area contributed by atoms with E-state index >= 15 is 0 Å². The maximum Gasteiger partial charge on any atom is 0.258 e. The lowest BCUT2D eigenvalue weighted by Gasteiger charge is -2.08. The number of hydrogen-bond acceptors (Lipinski definition) is 5. The van der Waals surface area contributed by atoms with Crippen molar-refractivity contribution in [3.8, 4) is 11.5 Å². The van der Waals surface area contributed by atoms with Crippen molar-refractivity contribution < 1.29 is 19.1 Å². The lowest BCUT2D eigenvalue weighted by Crippen LogP contribution is -2.35. The number of methoxy groups -OCH3 is 1. The lowest BCUT2D eigenvalue weighted by molar-refractivity contribution is -0.125. The monoisotopic (exact) mass is 315 g/mol. The number of anilines is 1. The van der Waals surface area contributed by atoms with Gasteiger partial charge in [0.25, 0.3) is 5.91 Å². The minimum atomic E-state index is -0.387. The SMILES string of the molecule is COc1ccc(OCC(=O)NCC(=O)Nc2cccnc2)cc1. The zero-order valence-corrected chi connectivity index (χ0v) is 12.6. The molecule has 1 aromatic heterocycles. The Kier molecular flexibility index (Phi) is 5.93. The fourth-order valence-corrected chi connectivity index (χ4v) is 1.69. The van der Waals surface area contributed by atoms with Crippen molar-refractivity contribution in [2.45, 2.75) is 0 Å². The summed E-state index contributed by atoms with van der Waals surface area (Å²) in [5.74, 6) is 0.521. The molecule has 0 radical (unpaired) electrons. The van der Waals surface area contributed by atoms with Crippen LogP contribution in [0.1, 0.15) is 0 Å². The molecule has 2 rings (SSSR count). The summed E-state index contributed by atoms with van der Waals surface area (Å²) in [5, 5.41) is 5.09. The topological polar surface area (TPSA) is 89.5 Å². The first kappa shape index (κ1) is 16.3. The number of aromatic nitrogens is 1. The second kappa shape index (κ2) is 8.38. The fraction of sp³-hybridized carbons (Fsp3) is 0.188. The standard InChI is InChI=1S/C16H17N3O4/c1-22-13-4-6-14(7-5-13)23-11-16(21)18-10-15(20)19-12-3-2-8-17-9-12/h2-9H,10-11H2,1H3,(H,18,21)(H,19,20). The van der Waals surface area contributed by atoms with Gasteiger partial charge in [-0.25, -0.2) is 0 Å². The van der Waals surface area contributed by atoms with Crippen LogP contribution in [0.5, 0.6) is 11.5 Å². The van der Waals surface area contributed by atoms with Crippen molar-refractivity contribution in [1.29, 1.82) is 0 Å². The van der Waals surface area contributed by atoms with Crippen molar-refractivity contribution in [1.82, 2.24) is 10.3 Å². The zero-order chi connectivity index (χ0) is 16.5. The van der Waals surface area contributed by atoms with E-state index in [1.807, 2.05) is 0 Å². The van der Waals surface area contributed by atoms with Crippen molar-refractivity contribution in [3.63, 3.8) is 0 Å². The number of pyridine rings is 1. The molecule has 0 fully saturated rings. The molecule has 0 bridgehead atoms. The number of hydrogen-bond donors (Lipinski definition) is 2. The average Bonchev–Trinajstić information content (AvgIpc) is 2.59. The molecule has 0 saturated carbocycles. The zero-order valence-electron chi connectivity index (χ0n) is 12.6. The summed E-state index contributed by atoms with van der Waals surface area (Å²) < 4.78 is 10.3. The van der Waals surface area contributed by atoms with E-state index in [1.165, 1.54) is 6.20 Å². The molecule has 0 aliphatic heterocycles. The van der Waals surface area contributed by atoms with E-state index in [0.717, 1.165) is 0 Å². The Morgan fingerprint density at radius 3 is 2.48 bits per heavy atom. The van der Waals surface area contributed by atoms with Crippen LogP contribution in [0.15, 0.2) is 48.8 Å².